The average molecular weight is 277 g/mol. The molecule has 0 aromatic heterocycles. The highest BCUT2D eigenvalue weighted by Crippen LogP contribution is 2.09. The Morgan fingerprint density at radius 1 is 1.25 bits per heavy atom. The Kier molecular flexibility index (Phi) is 5.71. The Morgan fingerprint density at radius 3 is 2.50 bits per heavy atom. The summed E-state index contributed by atoms with van der Waals surface area (Å²) in [5, 5.41) is 2.05. The quantitative estimate of drug-likeness (QED) is 0.628. The monoisotopic (exact) mass is 277 g/mol. The van der Waals surface area contributed by atoms with Gasteiger partial charge < -0.3 is 10.6 Å². The zero-order chi connectivity index (χ0) is 15.1. The molecule has 0 spiro atoms. The molecule has 1 aromatic carbocycles. The number of para-hydroxylation sites is 1. The lowest BCUT2D eigenvalue weighted by atomic mass is 10.1. The van der Waals surface area contributed by atoms with E-state index in [2.05, 4.69) is 0 Å². The Labute approximate surface area is 117 Å². The molecule has 0 saturated heterocycles. The fourth-order valence-corrected chi connectivity index (χ4v) is 1.60. The van der Waals surface area contributed by atoms with Crippen LogP contribution in [0.4, 0.5) is 5.69 Å². The number of anilines is 1. The number of unbranched alkanes of at least 4 members (excludes halogenated alkanes) is 1. The number of carbonyl (C=O) groups is 3. The van der Waals surface area contributed by atoms with E-state index in [1.807, 2.05) is 12.2 Å². The predicted molar refractivity (Wildman–Crippen MR) is 75.9 cm³/mol. The fourth-order valence-electron chi connectivity index (χ4n) is 1.60. The second-order valence-electron chi connectivity index (χ2n) is 4.45. The standard InChI is InChI=1S/C14H19N3O3/c1-3-4-9-17(2)14(20)13(19)16-12(18)10-7-5-6-8-11(10)15/h5-8H,3-4,9,15H2,1-2H3,(H,16,18,19). The number of nitrogens with zero attached hydrogens (tertiary/aromatic N) is 1. The maximum Gasteiger partial charge on any atom is 0.316 e. The van der Waals surface area contributed by atoms with Crippen molar-refractivity contribution in [2.75, 3.05) is 19.3 Å². The summed E-state index contributed by atoms with van der Waals surface area (Å²) in [6, 6.07) is 6.35. The van der Waals surface area contributed by atoms with Gasteiger partial charge in [-0.05, 0) is 18.6 Å². The van der Waals surface area contributed by atoms with Gasteiger partial charge in [-0.25, -0.2) is 0 Å². The van der Waals surface area contributed by atoms with Crippen LogP contribution in [0.3, 0.4) is 0 Å². The Bertz CT molecular complexity index is 514. The molecule has 0 heterocycles. The minimum absolute atomic E-state index is 0.171. The molecule has 0 aliphatic rings. The maximum atomic E-state index is 11.8. The first kappa shape index (κ1) is 15.7. The first-order chi connectivity index (χ1) is 9.47. The molecule has 1 rings (SSSR count). The molecule has 20 heavy (non-hydrogen) atoms. The molecule has 108 valence electrons. The van der Waals surface area contributed by atoms with Gasteiger partial charge >= 0.3 is 11.8 Å². The van der Waals surface area contributed by atoms with Crippen LogP contribution in [-0.4, -0.2) is 36.2 Å². The van der Waals surface area contributed by atoms with E-state index in [1.54, 1.807) is 18.2 Å². The largest absolute Gasteiger partial charge is 0.398 e. The van der Waals surface area contributed by atoms with Gasteiger partial charge in [-0.2, -0.15) is 0 Å². The number of nitrogens with two attached hydrogens (primary N) is 1. The van der Waals surface area contributed by atoms with Crippen molar-refractivity contribution in [1.82, 2.24) is 10.2 Å². The van der Waals surface area contributed by atoms with Crippen LogP contribution >= 0.6 is 0 Å². The average Bonchev–Trinajstić information content (AvgIpc) is 2.44. The molecule has 1 aromatic rings. The molecule has 0 aliphatic carbocycles. The number of carbonyl (C=O) groups excluding carboxylic acids is 3. The third-order valence-corrected chi connectivity index (χ3v) is 2.82. The molecule has 3 N–H and O–H groups in total. The molecule has 0 saturated carbocycles. The van der Waals surface area contributed by atoms with E-state index in [1.165, 1.54) is 18.0 Å². The second kappa shape index (κ2) is 7.28. The van der Waals surface area contributed by atoms with Crippen molar-refractivity contribution >= 4 is 23.4 Å². The molecule has 0 aliphatic heterocycles. The number of hydrogen-bond donors (Lipinski definition) is 2. The van der Waals surface area contributed by atoms with E-state index < -0.39 is 17.7 Å². The zero-order valence-corrected chi connectivity index (χ0v) is 11.7. The van der Waals surface area contributed by atoms with Crippen LogP contribution in [-0.2, 0) is 9.59 Å². The van der Waals surface area contributed by atoms with Crippen molar-refractivity contribution in [1.29, 1.82) is 0 Å². The van der Waals surface area contributed by atoms with Crippen LogP contribution in [0, 0.1) is 0 Å². The van der Waals surface area contributed by atoms with Gasteiger partial charge in [-0.3, -0.25) is 19.7 Å². The van der Waals surface area contributed by atoms with Gasteiger partial charge in [0.1, 0.15) is 0 Å². The number of nitrogens with one attached hydrogen (secondary N) is 1. The molecule has 0 fully saturated rings. The Balaban J connectivity index is 2.64. The van der Waals surface area contributed by atoms with E-state index in [4.69, 9.17) is 5.73 Å². The van der Waals surface area contributed by atoms with Crippen LogP contribution < -0.4 is 11.1 Å². The summed E-state index contributed by atoms with van der Waals surface area (Å²) in [5.74, 6) is -2.36. The number of benzene rings is 1. The van der Waals surface area contributed by atoms with E-state index in [0.717, 1.165) is 12.8 Å². The van der Waals surface area contributed by atoms with Gasteiger partial charge in [-0.15, -0.1) is 0 Å². The molecule has 0 radical (unpaired) electrons. The van der Waals surface area contributed by atoms with Gasteiger partial charge in [0.05, 0.1) is 5.56 Å². The van der Waals surface area contributed by atoms with Gasteiger partial charge in [0, 0.05) is 19.3 Å². The molecule has 6 heteroatoms. The maximum absolute atomic E-state index is 11.8. The third kappa shape index (κ3) is 4.08. The van der Waals surface area contributed by atoms with Crippen LogP contribution in [0.25, 0.3) is 0 Å². The van der Waals surface area contributed by atoms with Crippen molar-refractivity contribution < 1.29 is 14.4 Å². The Hall–Kier alpha value is -2.37. The van der Waals surface area contributed by atoms with Crippen LogP contribution in [0.2, 0.25) is 0 Å². The SMILES string of the molecule is CCCCN(C)C(=O)C(=O)NC(=O)c1ccccc1N. The number of nitrogen functional groups attached to an aromatic ring is 1. The molecule has 0 bridgehead atoms. The molecule has 0 unspecified atom stereocenters. The lowest BCUT2D eigenvalue weighted by Crippen LogP contribution is -2.43. The van der Waals surface area contributed by atoms with Crippen LogP contribution in [0.15, 0.2) is 24.3 Å². The highest BCUT2D eigenvalue weighted by Gasteiger charge is 2.21. The number of likely N-dealkylation sites (N-methyl/N-ethyl adjacent to an activating group) is 1. The van der Waals surface area contributed by atoms with E-state index in [0.29, 0.717) is 6.54 Å². The number of hydrogen-bond acceptors (Lipinski definition) is 4. The first-order valence-electron chi connectivity index (χ1n) is 6.42. The highest BCUT2D eigenvalue weighted by molar-refractivity contribution is 6.38. The Morgan fingerprint density at radius 2 is 1.90 bits per heavy atom. The summed E-state index contributed by atoms with van der Waals surface area (Å²) < 4.78 is 0. The summed E-state index contributed by atoms with van der Waals surface area (Å²) >= 11 is 0. The zero-order valence-electron chi connectivity index (χ0n) is 11.7. The number of amides is 3. The summed E-state index contributed by atoms with van der Waals surface area (Å²) in [5.41, 5.74) is 6.06. The normalized spacial score (nSPS) is 9.90. The smallest absolute Gasteiger partial charge is 0.316 e. The molecular formula is C14H19N3O3. The van der Waals surface area contributed by atoms with Gasteiger partial charge in [0.25, 0.3) is 5.91 Å². The number of rotatable bonds is 4. The number of imide groups is 1. The van der Waals surface area contributed by atoms with Crippen LogP contribution in [0.5, 0.6) is 0 Å². The minimum Gasteiger partial charge on any atom is -0.398 e. The van der Waals surface area contributed by atoms with E-state index in [9.17, 15) is 14.4 Å². The lowest BCUT2D eigenvalue weighted by Gasteiger charge is -2.15. The highest BCUT2D eigenvalue weighted by atomic mass is 16.2. The topological polar surface area (TPSA) is 92.5 Å². The summed E-state index contributed by atoms with van der Waals surface area (Å²) in [6.45, 7) is 2.46. The van der Waals surface area contributed by atoms with Crippen molar-refractivity contribution in [3.63, 3.8) is 0 Å². The van der Waals surface area contributed by atoms with Crippen molar-refractivity contribution in [2.24, 2.45) is 0 Å². The molecular weight excluding hydrogens is 258 g/mol. The minimum atomic E-state index is -0.947. The summed E-state index contributed by atoms with van der Waals surface area (Å²) in [7, 11) is 1.53. The third-order valence-electron chi connectivity index (χ3n) is 2.82. The van der Waals surface area contributed by atoms with E-state index >= 15 is 0 Å². The van der Waals surface area contributed by atoms with Crippen molar-refractivity contribution in [3.05, 3.63) is 29.8 Å². The van der Waals surface area contributed by atoms with Crippen molar-refractivity contribution in [3.8, 4) is 0 Å². The summed E-state index contributed by atoms with van der Waals surface area (Å²) in [4.78, 5) is 36.5. The van der Waals surface area contributed by atoms with Gasteiger partial charge in [0.15, 0.2) is 0 Å². The van der Waals surface area contributed by atoms with Gasteiger partial charge in [-0.1, -0.05) is 25.5 Å². The first-order valence-corrected chi connectivity index (χ1v) is 6.42. The second-order valence-corrected chi connectivity index (χ2v) is 4.45. The van der Waals surface area contributed by atoms with Gasteiger partial charge in [0.2, 0.25) is 0 Å². The molecule has 3 amide bonds. The summed E-state index contributed by atoms with van der Waals surface area (Å²) in [6.07, 6.45) is 1.72. The van der Waals surface area contributed by atoms with Crippen molar-refractivity contribution in [2.45, 2.75) is 19.8 Å². The van der Waals surface area contributed by atoms with E-state index in [-0.39, 0.29) is 11.3 Å². The lowest BCUT2D eigenvalue weighted by molar-refractivity contribution is -0.144. The van der Waals surface area contributed by atoms with Crippen LogP contribution in [0.1, 0.15) is 30.1 Å². The molecule has 0 atom stereocenters. The predicted octanol–water partition coefficient (Wildman–Crippen LogP) is 0.784. The molecule has 6 nitrogen and oxygen atoms in total. The fraction of sp³-hybridized carbons (Fsp3) is 0.357.